The van der Waals surface area contributed by atoms with Crippen LogP contribution in [0.5, 0.6) is 0 Å². The van der Waals surface area contributed by atoms with Gasteiger partial charge in [0.15, 0.2) is 0 Å². The van der Waals surface area contributed by atoms with Gasteiger partial charge < -0.3 is 4.74 Å². The van der Waals surface area contributed by atoms with Crippen molar-refractivity contribution in [1.29, 1.82) is 0 Å². The first-order valence-electron chi connectivity index (χ1n) is 11.3. The Morgan fingerprint density at radius 1 is 0.815 bits per heavy atom. The number of rotatable bonds is 17. The van der Waals surface area contributed by atoms with Gasteiger partial charge in [-0.05, 0) is 24.5 Å². The Bertz CT molecular complexity index is 459. The molecule has 0 fully saturated rings. The molecule has 0 atom stereocenters. The SMILES string of the molecule is CC(C)CCCCCCCCCCCCCCCOC(=O)c1ccccn1. The van der Waals surface area contributed by atoms with Crippen molar-refractivity contribution in [2.75, 3.05) is 6.61 Å². The molecule has 154 valence electrons. The monoisotopic (exact) mass is 375 g/mol. The van der Waals surface area contributed by atoms with E-state index >= 15 is 0 Å². The molecule has 0 aliphatic heterocycles. The van der Waals surface area contributed by atoms with Crippen LogP contribution < -0.4 is 0 Å². The summed E-state index contributed by atoms with van der Waals surface area (Å²) < 4.78 is 5.25. The first kappa shape index (κ1) is 23.7. The molecular formula is C24H41NO2. The Kier molecular flexibility index (Phi) is 14.7. The van der Waals surface area contributed by atoms with E-state index in [0.29, 0.717) is 12.3 Å². The van der Waals surface area contributed by atoms with Crippen molar-refractivity contribution in [2.45, 2.75) is 104 Å². The van der Waals surface area contributed by atoms with Crippen molar-refractivity contribution in [3.05, 3.63) is 30.1 Å². The van der Waals surface area contributed by atoms with Crippen molar-refractivity contribution in [3.8, 4) is 0 Å². The first-order chi connectivity index (χ1) is 13.2. The normalized spacial score (nSPS) is 11.1. The van der Waals surface area contributed by atoms with Gasteiger partial charge >= 0.3 is 5.97 Å². The van der Waals surface area contributed by atoms with Crippen molar-refractivity contribution >= 4 is 5.97 Å². The molecular weight excluding hydrogens is 334 g/mol. The van der Waals surface area contributed by atoms with E-state index in [9.17, 15) is 4.79 Å². The molecule has 0 N–H and O–H groups in total. The summed E-state index contributed by atoms with van der Waals surface area (Å²) in [6, 6.07) is 5.29. The molecule has 0 radical (unpaired) electrons. The molecule has 0 spiro atoms. The van der Waals surface area contributed by atoms with Gasteiger partial charge in [0.05, 0.1) is 6.61 Å². The predicted molar refractivity (Wildman–Crippen MR) is 114 cm³/mol. The number of nitrogens with zero attached hydrogens (tertiary/aromatic N) is 1. The summed E-state index contributed by atoms with van der Waals surface area (Å²) in [4.78, 5) is 15.7. The summed E-state index contributed by atoms with van der Waals surface area (Å²) in [5, 5.41) is 0. The fraction of sp³-hybridized carbons (Fsp3) is 0.750. The van der Waals surface area contributed by atoms with Crippen LogP contribution in [0.4, 0.5) is 0 Å². The molecule has 1 heterocycles. The lowest BCUT2D eigenvalue weighted by molar-refractivity contribution is 0.0491. The summed E-state index contributed by atoms with van der Waals surface area (Å²) in [6.07, 6.45) is 20.3. The molecule has 27 heavy (non-hydrogen) atoms. The molecule has 3 nitrogen and oxygen atoms in total. The van der Waals surface area contributed by atoms with Crippen molar-refractivity contribution in [3.63, 3.8) is 0 Å². The van der Waals surface area contributed by atoms with Gasteiger partial charge in [0.1, 0.15) is 5.69 Å². The maximum absolute atomic E-state index is 11.7. The van der Waals surface area contributed by atoms with Crippen molar-refractivity contribution in [1.82, 2.24) is 4.98 Å². The molecule has 1 rings (SSSR count). The number of esters is 1. The van der Waals surface area contributed by atoms with E-state index in [4.69, 9.17) is 4.74 Å². The molecule has 1 aromatic heterocycles. The molecule has 3 heteroatoms. The molecule has 0 unspecified atom stereocenters. The fourth-order valence-corrected chi connectivity index (χ4v) is 3.32. The average molecular weight is 376 g/mol. The Morgan fingerprint density at radius 3 is 1.81 bits per heavy atom. The molecule has 0 bridgehead atoms. The summed E-state index contributed by atoms with van der Waals surface area (Å²) in [6.45, 7) is 5.14. The van der Waals surface area contributed by atoms with E-state index in [1.807, 2.05) is 0 Å². The lowest BCUT2D eigenvalue weighted by atomic mass is 10.0. The van der Waals surface area contributed by atoms with Crippen molar-refractivity contribution < 1.29 is 9.53 Å². The number of hydrogen-bond donors (Lipinski definition) is 0. The van der Waals surface area contributed by atoms with Crippen LogP contribution in [0.2, 0.25) is 0 Å². The van der Waals surface area contributed by atoms with Gasteiger partial charge in [0.2, 0.25) is 0 Å². The van der Waals surface area contributed by atoms with Gasteiger partial charge in [0.25, 0.3) is 0 Å². The molecule has 0 aromatic carbocycles. The Balaban J connectivity index is 1.76. The van der Waals surface area contributed by atoms with Crippen LogP contribution >= 0.6 is 0 Å². The van der Waals surface area contributed by atoms with Gasteiger partial charge in [-0.2, -0.15) is 0 Å². The predicted octanol–water partition coefficient (Wildman–Crippen LogP) is 7.36. The van der Waals surface area contributed by atoms with Crippen LogP contribution in [-0.2, 0) is 4.74 Å². The smallest absolute Gasteiger partial charge is 0.356 e. The number of aromatic nitrogens is 1. The third kappa shape index (κ3) is 14.4. The number of ether oxygens (including phenoxy) is 1. The molecule has 0 saturated carbocycles. The zero-order valence-corrected chi connectivity index (χ0v) is 17.8. The molecule has 0 saturated heterocycles. The lowest BCUT2D eigenvalue weighted by Crippen LogP contribution is -2.08. The van der Waals surface area contributed by atoms with Gasteiger partial charge in [0, 0.05) is 6.20 Å². The van der Waals surface area contributed by atoms with Crippen LogP contribution in [0.25, 0.3) is 0 Å². The topological polar surface area (TPSA) is 39.2 Å². The van der Waals surface area contributed by atoms with Crippen LogP contribution in [0.15, 0.2) is 24.4 Å². The summed E-state index contributed by atoms with van der Waals surface area (Å²) in [7, 11) is 0. The van der Waals surface area contributed by atoms with E-state index in [1.54, 1.807) is 24.4 Å². The highest BCUT2D eigenvalue weighted by molar-refractivity contribution is 5.87. The number of carbonyl (C=O) groups is 1. The zero-order valence-electron chi connectivity index (χ0n) is 17.8. The van der Waals surface area contributed by atoms with Crippen LogP contribution in [-0.4, -0.2) is 17.6 Å². The zero-order chi connectivity index (χ0) is 19.6. The highest BCUT2D eigenvalue weighted by Crippen LogP contribution is 2.14. The average Bonchev–Trinajstić information content (AvgIpc) is 2.68. The number of unbranched alkanes of at least 4 members (excludes halogenated alkanes) is 12. The van der Waals surface area contributed by atoms with Gasteiger partial charge in [-0.3, -0.25) is 0 Å². The van der Waals surface area contributed by atoms with E-state index in [-0.39, 0.29) is 5.97 Å². The third-order valence-electron chi connectivity index (χ3n) is 5.03. The quantitative estimate of drug-likeness (QED) is 0.211. The van der Waals surface area contributed by atoms with Crippen LogP contribution in [0, 0.1) is 5.92 Å². The Hall–Kier alpha value is -1.38. The second-order valence-corrected chi connectivity index (χ2v) is 8.13. The summed E-state index contributed by atoms with van der Waals surface area (Å²) >= 11 is 0. The van der Waals surface area contributed by atoms with E-state index in [2.05, 4.69) is 18.8 Å². The molecule has 0 amide bonds. The van der Waals surface area contributed by atoms with Crippen LogP contribution in [0.3, 0.4) is 0 Å². The molecule has 0 aliphatic carbocycles. The fourth-order valence-electron chi connectivity index (χ4n) is 3.32. The Morgan fingerprint density at radius 2 is 1.33 bits per heavy atom. The standard InChI is InChI=1S/C24H41NO2/c1-22(2)18-14-12-10-8-6-4-3-5-7-9-11-13-17-21-27-24(26)23-19-15-16-20-25-23/h15-16,19-20,22H,3-14,17-18,21H2,1-2H3. The largest absolute Gasteiger partial charge is 0.461 e. The van der Waals surface area contributed by atoms with Crippen molar-refractivity contribution in [2.24, 2.45) is 5.92 Å². The maximum Gasteiger partial charge on any atom is 0.356 e. The van der Waals surface area contributed by atoms with Crippen LogP contribution in [0.1, 0.15) is 114 Å². The second kappa shape index (κ2) is 16.8. The van der Waals surface area contributed by atoms with Gasteiger partial charge in [-0.1, -0.05) is 103 Å². The minimum absolute atomic E-state index is 0.310. The second-order valence-electron chi connectivity index (χ2n) is 8.13. The number of carbonyl (C=O) groups excluding carboxylic acids is 1. The minimum Gasteiger partial charge on any atom is -0.461 e. The maximum atomic E-state index is 11.7. The van der Waals surface area contributed by atoms with Gasteiger partial charge in [-0.15, -0.1) is 0 Å². The highest BCUT2D eigenvalue weighted by atomic mass is 16.5. The molecule has 0 aliphatic rings. The number of hydrogen-bond acceptors (Lipinski definition) is 3. The first-order valence-corrected chi connectivity index (χ1v) is 11.3. The summed E-state index contributed by atoms with van der Waals surface area (Å²) in [5.41, 5.74) is 0.396. The highest BCUT2D eigenvalue weighted by Gasteiger charge is 2.06. The summed E-state index contributed by atoms with van der Waals surface area (Å²) in [5.74, 6) is 0.558. The Labute approximate surface area is 167 Å². The molecule has 1 aromatic rings. The minimum atomic E-state index is -0.310. The van der Waals surface area contributed by atoms with E-state index in [1.165, 1.54) is 77.0 Å². The number of pyridine rings is 1. The lowest BCUT2D eigenvalue weighted by Gasteiger charge is -2.05. The van der Waals surface area contributed by atoms with E-state index < -0.39 is 0 Å². The van der Waals surface area contributed by atoms with E-state index in [0.717, 1.165) is 18.8 Å². The van der Waals surface area contributed by atoms with Gasteiger partial charge in [-0.25, -0.2) is 9.78 Å². The third-order valence-corrected chi connectivity index (χ3v) is 5.03.